The average Bonchev–Trinajstić information content (AvgIpc) is 2.62. The molecule has 0 aliphatic heterocycles. The van der Waals surface area contributed by atoms with Gasteiger partial charge in [0, 0.05) is 0 Å². The van der Waals surface area contributed by atoms with Crippen LogP contribution in [0.1, 0.15) is 6.92 Å². The molecule has 0 bridgehead atoms. The van der Waals surface area contributed by atoms with Crippen LogP contribution in [0.15, 0.2) is 48.5 Å². The molecule has 0 aromatic heterocycles. The molecule has 0 radical (unpaired) electrons. The molecule has 0 saturated carbocycles. The topological polar surface area (TPSA) is 73.9 Å². The Kier molecular flexibility index (Phi) is 6.65. The minimum Gasteiger partial charge on any atom is -0.497 e. The summed E-state index contributed by atoms with van der Waals surface area (Å²) in [5, 5.41) is 3.00. The Morgan fingerprint density at radius 2 is 1.72 bits per heavy atom. The Bertz CT molecular complexity index is 733. The first-order valence-electron chi connectivity index (χ1n) is 7.51. The van der Waals surface area contributed by atoms with E-state index in [1.54, 1.807) is 55.6 Å². The lowest BCUT2D eigenvalue weighted by Crippen LogP contribution is -2.31. The zero-order valence-corrected chi connectivity index (χ0v) is 14.6. The maximum absolute atomic E-state index is 12.0. The minimum atomic E-state index is -0.983. The van der Waals surface area contributed by atoms with Crippen molar-refractivity contribution >= 4 is 29.2 Å². The van der Waals surface area contributed by atoms with Crippen molar-refractivity contribution in [2.45, 2.75) is 13.0 Å². The molecular formula is C18H18ClNO5. The number of amides is 1. The Hall–Kier alpha value is -2.73. The SMILES string of the molecule is COc1ccc(OCC(=O)OC(C)C(=O)Nc2ccccc2Cl)cc1. The van der Waals surface area contributed by atoms with Gasteiger partial charge in [0.25, 0.3) is 5.91 Å². The maximum Gasteiger partial charge on any atom is 0.344 e. The van der Waals surface area contributed by atoms with Gasteiger partial charge in [-0.25, -0.2) is 4.79 Å². The summed E-state index contributed by atoms with van der Waals surface area (Å²) in [5.41, 5.74) is 0.451. The van der Waals surface area contributed by atoms with E-state index < -0.39 is 18.0 Å². The van der Waals surface area contributed by atoms with Crippen LogP contribution in [0.3, 0.4) is 0 Å². The molecule has 1 unspecified atom stereocenters. The van der Waals surface area contributed by atoms with Crippen LogP contribution in [-0.4, -0.2) is 31.7 Å². The first-order valence-corrected chi connectivity index (χ1v) is 7.89. The second kappa shape index (κ2) is 8.94. The molecule has 2 aromatic rings. The van der Waals surface area contributed by atoms with Gasteiger partial charge in [-0.1, -0.05) is 23.7 Å². The molecule has 1 N–H and O–H groups in total. The first-order chi connectivity index (χ1) is 12.0. The average molecular weight is 364 g/mol. The molecule has 7 heteroatoms. The minimum absolute atomic E-state index is 0.309. The number of methoxy groups -OCH3 is 1. The van der Waals surface area contributed by atoms with Gasteiger partial charge in [0.1, 0.15) is 11.5 Å². The summed E-state index contributed by atoms with van der Waals surface area (Å²) < 4.78 is 15.4. The van der Waals surface area contributed by atoms with Gasteiger partial charge in [-0.05, 0) is 43.3 Å². The number of esters is 1. The quantitative estimate of drug-likeness (QED) is 0.764. The van der Waals surface area contributed by atoms with Crippen molar-refractivity contribution < 1.29 is 23.8 Å². The molecular weight excluding hydrogens is 346 g/mol. The van der Waals surface area contributed by atoms with Gasteiger partial charge in [0.05, 0.1) is 17.8 Å². The van der Waals surface area contributed by atoms with Crippen LogP contribution in [0.2, 0.25) is 5.02 Å². The second-order valence-electron chi connectivity index (χ2n) is 5.07. The maximum atomic E-state index is 12.0. The second-order valence-corrected chi connectivity index (χ2v) is 5.47. The van der Waals surface area contributed by atoms with Crippen LogP contribution < -0.4 is 14.8 Å². The van der Waals surface area contributed by atoms with E-state index >= 15 is 0 Å². The number of halogens is 1. The summed E-state index contributed by atoms with van der Waals surface area (Å²) in [6, 6.07) is 13.5. The van der Waals surface area contributed by atoms with Crippen LogP contribution in [-0.2, 0) is 14.3 Å². The fourth-order valence-corrected chi connectivity index (χ4v) is 2.08. The van der Waals surface area contributed by atoms with Gasteiger partial charge >= 0.3 is 5.97 Å². The number of hydrogen-bond donors (Lipinski definition) is 1. The third-order valence-electron chi connectivity index (χ3n) is 3.23. The summed E-state index contributed by atoms with van der Waals surface area (Å²) >= 11 is 5.97. The van der Waals surface area contributed by atoms with Gasteiger partial charge < -0.3 is 19.5 Å². The number of benzene rings is 2. The van der Waals surface area contributed by atoms with Crippen molar-refractivity contribution in [1.29, 1.82) is 0 Å². The molecule has 0 saturated heterocycles. The van der Waals surface area contributed by atoms with Crippen LogP contribution in [0.5, 0.6) is 11.5 Å². The molecule has 25 heavy (non-hydrogen) atoms. The normalized spacial score (nSPS) is 11.3. The zero-order chi connectivity index (χ0) is 18.2. The van der Waals surface area contributed by atoms with Gasteiger partial charge in [0.15, 0.2) is 12.7 Å². The Balaban J connectivity index is 1.80. The summed E-state index contributed by atoms with van der Waals surface area (Å²) in [4.78, 5) is 23.8. The molecule has 132 valence electrons. The third-order valence-corrected chi connectivity index (χ3v) is 3.55. The highest BCUT2D eigenvalue weighted by Gasteiger charge is 2.19. The third kappa shape index (κ3) is 5.69. The van der Waals surface area contributed by atoms with E-state index in [-0.39, 0.29) is 6.61 Å². The molecule has 2 aromatic carbocycles. The summed E-state index contributed by atoms with van der Waals surface area (Å²) in [6.07, 6.45) is -0.983. The summed E-state index contributed by atoms with van der Waals surface area (Å²) in [5.74, 6) is 0.0363. The zero-order valence-electron chi connectivity index (χ0n) is 13.8. The van der Waals surface area contributed by atoms with E-state index in [0.717, 1.165) is 0 Å². The van der Waals surface area contributed by atoms with Crippen molar-refractivity contribution in [1.82, 2.24) is 0 Å². The van der Waals surface area contributed by atoms with Gasteiger partial charge in [-0.15, -0.1) is 0 Å². The van der Waals surface area contributed by atoms with Gasteiger partial charge in [0.2, 0.25) is 0 Å². The van der Waals surface area contributed by atoms with Crippen LogP contribution in [0, 0.1) is 0 Å². The number of rotatable bonds is 7. The molecule has 0 aliphatic carbocycles. The van der Waals surface area contributed by atoms with E-state index in [4.69, 9.17) is 25.8 Å². The molecule has 6 nitrogen and oxygen atoms in total. The Morgan fingerprint density at radius 1 is 1.08 bits per heavy atom. The highest BCUT2D eigenvalue weighted by Crippen LogP contribution is 2.21. The highest BCUT2D eigenvalue weighted by atomic mass is 35.5. The standard InChI is InChI=1S/C18H18ClNO5/c1-12(18(22)20-16-6-4-3-5-15(16)19)25-17(21)11-24-14-9-7-13(23-2)8-10-14/h3-10,12H,11H2,1-2H3,(H,20,22). The molecule has 1 amide bonds. The Morgan fingerprint density at radius 3 is 2.36 bits per heavy atom. The Labute approximate surface area is 150 Å². The number of ether oxygens (including phenoxy) is 3. The molecule has 0 spiro atoms. The molecule has 1 atom stereocenters. The van der Waals surface area contributed by atoms with Crippen molar-refractivity contribution in [3.63, 3.8) is 0 Å². The van der Waals surface area contributed by atoms with E-state index in [0.29, 0.717) is 22.2 Å². The summed E-state index contributed by atoms with van der Waals surface area (Å²) in [6.45, 7) is 1.16. The van der Waals surface area contributed by atoms with Crippen molar-refractivity contribution in [2.75, 3.05) is 19.0 Å². The first kappa shape index (κ1) is 18.6. The van der Waals surface area contributed by atoms with E-state index in [2.05, 4.69) is 5.32 Å². The lowest BCUT2D eigenvalue weighted by molar-refractivity contribution is -0.155. The molecule has 0 fully saturated rings. The number of hydrogen-bond acceptors (Lipinski definition) is 5. The smallest absolute Gasteiger partial charge is 0.344 e. The molecule has 0 heterocycles. The van der Waals surface area contributed by atoms with Crippen LogP contribution >= 0.6 is 11.6 Å². The van der Waals surface area contributed by atoms with Crippen LogP contribution in [0.4, 0.5) is 5.69 Å². The number of para-hydroxylation sites is 1. The van der Waals surface area contributed by atoms with Crippen LogP contribution in [0.25, 0.3) is 0 Å². The fourth-order valence-electron chi connectivity index (χ4n) is 1.90. The lowest BCUT2D eigenvalue weighted by atomic mass is 10.3. The van der Waals surface area contributed by atoms with Crippen molar-refractivity contribution in [2.24, 2.45) is 0 Å². The highest BCUT2D eigenvalue weighted by molar-refractivity contribution is 6.33. The molecule has 0 aliphatic rings. The largest absolute Gasteiger partial charge is 0.497 e. The fraction of sp³-hybridized carbons (Fsp3) is 0.222. The number of anilines is 1. The predicted molar refractivity (Wildman–Crippen MR) is 94.1 cm³/mol. The van der Waals surface area contributed by atoms with E-state index in [9.17, 15) is 9.59 Å². The lowest BCUT2D eigenvalue weighted by Gasteiger charge is -2.14. The number of carbonyl (C=O) groups excluding carboxylic acids is 2. The van der Waals surface area contributed by atoms with Crippen molar-refractivity contribution in [3.8, 4) is 11.5 Å². The van der Waals surface area contributed by atoms with E-state index in [1.165, 1.54) is 6.92 Å². The monoisotopic (exact) mass is 363 g/mol. The van der Waals surface area contributed by atoms with Gasteiger partial charge in [-0.2, -0.15) is 0 Å². The number of carbonyl (C=O) groups is 2. The van der Waals surface area contributed by atoms with Gasteiger partial charge in [-0.3, -0.25) is 4.79 Å². The summed E-state index contributed by atoms with van der Waals surface area (Å²) in [7, 11) is 1.56. The predicted octanol–water partition coefficient (Wildman–Crippen LogP) is 3.30. The number of nitrogens with one attached hydrogen (secondary N) is 1. The van der Waals surface area contributed by atoms with Crippen molar-refractivity contribution in [3.05, 3.63) is 53.6 Å². The molecule has 2 rings (SSSR count). The van der Waals surface area contributed by atoms with E-state index in [1.807, 2.05) is 0 Å².